The number of rotatable bonds is 4. The van der Waals surface area contributed by atoms with Gasteiger partial charge in [0.15, 0.2) is 0 Å². The number of nitrogens with one attached hydrogen (secondary N) is 1. The Balaban J connectivity index is 0. The molecule has 1 unspecified atom stereocenters. The van der Waals surface area contributed by atoms with Gasteiger partial charge in [0, 0.05) is 13.0 Å². The first-order valence-electron chi connectivity index (χ1n) is 4.67. The molecule has 0 heterocycles. The molecule has 0 radical (unpaired) electrons. The summed E-state index contributed by atoms with van der Waals surface area (Å²) in [6.45, 7) is 6.58. The van der Waals surface area contributed by atoms with Crippen LogP contribution in [0.15, 0.2) is 0 Å². The summed E-state index contributed by atoms with van der Waals surface area (Å²) in [5, 5.41) is 2.61. The van der Waals surface area contributed by atoms with E-state index in [-0.39, 0.29) is 11.8 Å². The molecule has 0 fully saturated rings. The minimum absolute atomic E-state index is 0.105. The van der Waals surface area contributed by atoms with Crippen LogP contribution in [0.2, 0.25) is 0 Å². The lowest BCUT2D eigenvalue weighted by Crippen LogP contribution is -2.28. The summed E-state index contributed by atoms with van der Waals surface area (Å²) in [5.41, 5.74) is 5.32. The summed E-state index contributed by atoms with van der Waals surface area (Å²) in [6, 6.07) is 0. The molecule has 0 aliphatic rings. The standard InChI is InChI=1S/C7H16N2O.C2H6/c1-3-6(4-5-8)7(10)9-2;1-2/h6H,3-5,8H2,1-2H3,(H,9,10);1-2H3. The molecule has 3 nitrogen and oxygen atoms in total. The monoisotopic (exact) mass is 174 g/mol. The topological polar surface area (TPSA) is 55.1 Å². The lowest BCUT2D eigenvalue weighted by Gasteiger charge is -2.10. The van der Waals surface area contributed by atoms with Crippen LogP contribution < -0.4 is 11.1 Å². The summed E-state index contributed by atoms with van der Waals surface area (Å²) in [5.74, 6) is 0.211. The number of carbonyl (C=O) groups is 1. The maximum Gasteiger partial charge on any atom is 0.222 e. The normalized spacial score (nSPS) is 11.1. The van der Waals surface area contributed by atoms with E-state index >= 15 is 0 Å². The molecule has 3 N–H and O–H groups in total. The quantitative estimate of drug-likeness (QED) is 0.671. The van der Waals surface area contributed by atoms with Gasteiger partial charge in [-0.1, -0.05) is 20.8 Å². The van der Waals surface area contributed by atoms with E-state index in [1.165, 1.54) is 0 Å². The van der Waals surface area contributed by atoms with E-state index in [2.05, 4.69) is 5.32 Å². The van der Waals surface area contributed by atoms with Gasteiger partial charge in [0.05, 0.1) is 0 Å². The van der Waals surface area contributed by atoms with E-state index in [1.54, 1.807) is 7.05 Å². The molecule has 0 aliphatic carbocycles. The van der Waals surface area contributed by atoms with E-state index in [9.17, 15) is 4.79 Å². The first-order chi connectivity index (χ1) is 5.76. The molecule has 0 saturated heterocycles. The van der Waals surface area contributed by atoms with Gasteiger partial charge in [-0.2, -0.15) is 0 Å². The van der Waals surface area contributed by atoms with E-state index in [0.29, 0.717) is 6.54 Å². The van der Waals surface area contributed by atoms with E-state index < -0.39 is 0 Å². The van der Waals surface area contributed by atoms with Crippen LogP contribution in [0.3, 0.4) is 0 Å². The van der Waals surface area contributed by atoms with Crippen molar-refractivity contribution in [2.75, 3.05) is 13.6 Å². The fraction of sp³-hybridized carbons (Fsp3) is 0.889. The van der Waals surface area contributed by atoms with Crippen LogP contribution >= 0.6 is 0 Å². The molecule has 0 aliphatic heterocycles. The van der Waals surface area contributed by atoms with Gasteiger partial charge in [0.25, 0.3) is 0 Å². The predicted octanol–water partition coefficient (Wildman–Crippen LogP) is 1.13. The molecule has 0 rings (SSSR count). The molecule has 0 aromatic heterocycles. The average molecular weight is 174 g/mol. The highest BCUT2D eigenvalue weighted by Gasteiger charge is 2.12. The van der Waals surface area contributed by atoms with Gasteiger partial charge >= 0.3 is 0 Å². The first kappa shape index (κ1) is 14.0. The molecule has 3 heteroatoms. The molecule has 12 heavy (non-hydrogen) atoms. The molecule has 0 bridgehead atoms. The van der Waals surface area contributed by atoms with Crippen molar-refractivity contribution >= 4 is 5.91 Å². The van der Waals surface area contributed by atoms with Crippen molar-refractivity contribution in [2.24, 2.45) is 11.7 Å². The average Bonchev–Trinajstić information content (AvgIpc) is 2.16. The van der Waals surface area contributed by atoms with Gasteiger partial charge in [-0.05, 0) is 19.4 Å². The molecule has 0 aromatic carbocycles. The molecular weight excluding hydrogens is 152 g/mol. The third-order valence-corrected chi connectivity index (χ3v) is 1.63. The van der Waals surface area contributed by atoms with Gasteiger partial charge in [-0.3, -0.25) is 4.79 Å². The Morgan fingerprint density at radius 1 is 1.50 bits per heavy atom. The zero-order valence-corrected chi connectivity index (χ0v) is 8.68. The second kappa shape index (κ2) is 10.4. The number of nitrogens with two attached hydrogens (primary N) is 1. The first-order valence-corrected chi connectivity index (χ1v) is 4.67. The van der Waals surface area contributed by atoms with E-state index in [0.717, 1.165) is 12.8 Å². The van der Waals surface area contributed by atoms with Crippen LogP contribution in [0.4, 0.5) is 0 Å². The van der Waals surface area contributed by atoms with Crippen LogP contribution in [0.25, 0.3) is 0 Å². The summed E-state index contributed by atoms with van der Waals surface area (Å²) in [6.07, 6.45) is 1.66. The number of hydrogen-bond acceptors (Lipinski definition) is 2. The second-order valence-corrected chi connectivity index (χ2v) is 2.30. The summed E-state index contributed by atoms with van der Waals surface area (Å²) in [7, 11) is 1.65. The Morgan fingerprint density at radius 3 is 2.25 bits per heavy atom. The summed E-state index contributed by atoms with van der Waals surface area (Å²) < 4.78 is 0. The van der Waals surface area contributed by atoms with Crippen LogP contribution in [0, 0.1) is 5.92 Å². The highest BCUT2D eigenvalue weighted by molar-refractivity contribution is 5.78. The maximum absolute atomic E-state index is 11.0. The zero-order valence-electron chi connectivity index (χ0n) is 8.68. The Labute approximate surface area is 75.7 Å². The predicted molar refractivity (Wildman–Crippen MR) is 52.9 cm³/mol. The summed E-state index contributed by atoms with van der Waals surface area (Å²) in [4.78, 5) is 11.0. The third kappa shape index (κ3) is 6.16. The van der Waals surface area contributed by atoms with Gasteiger partial charge in [0.2, 0.25) is 5.91 Å². The highest BCUT2D eigenvalue weighted by Crippen LogP contribution is 2.05. The van der Waals surface area contributed by atoms with Crippen LogP contribution in [-0.4, -0.2) is 19.5 Å². The minimum Gasteiger partial charge on any atom is -0.359 e. The largest absolute Gasteiger partial charge is 0.359 e. The highest BCUT2D eigenvalue weighted by atomic mass is 16.1. The van der Waals surface area contributed by atoms with E-state index in [1.807, 2.05) is 20.8 Å². The van der Waals surface area contributed by atoms with Crippen molar-refractivity contribution in [3.05, 3.63) is 0 Å². The Morgan fingerprint density at radius 2 is 2.00 bits per heavy atom. The zero-order chi connectivity index (χ0) is 9.98. The van der Waals surface area contributed by atoms with Crippen molar-refractivity contribution < 1.29 is 4.79 Å². The Hall–Kier alpha value is -0.570. The number of hydrogen-bond donors (Lipinski definition) is 2. The van der Waals surface area contributed by atoms with Gasteiger partial charge in [-0.15, -0.1) is 0 Å². The number of carbonyl (C=O) groups excluding carboxylic acids is 1. The molecule has 0 saturated carbocycles. The van der Waals surface area contributed by atoms with Crippen molar-refractivity contribution in [1.82, 2.24) is 5.32 Å². The van der Waals surface area contributed by atoms with Gasteiger partial charge in [0.1, 0.15) is 0 Å². The van der Waals surface area contributed by atoms with Crippen molar-refractivity contribution in [3.63, 3.8) is 0 Å². The number of amides is 1. The van der Waals surface area contributed by atoms with Crippen LogP contribution in [0.5, 0.6) is 0 Å². The van der Waals surface area contributed by atoms with Gasteiger partial charge in [-0.25, -0.2) is 0 Å². The smallest absolute Gasteiger partial charge is 0.222 e. The molecule has 1 amide bonds. The van der Waals surface area contributed by atoms with Crippen molar-refractivity contribution in [1.29, 1.82) is 0 Å². The molecule has 0 spiro atoms. The molecule has 74 valence electrons. The lowest BCUT2D eigenvalue weighted by molar-refractivity contribution is -0.124. The van der Waals surface area contributed by atoms with Gasteiger partial charge < -0.3 is 11.1 Å². The molecule has 1 atom stereocenters. The fourth-order valence-corrected chi connectivity index (χ4v) is 0.926. The van der Waals surface area contributed by atoms with Crippen LogP contribution in [0.1, 0.15) is 33.6 Å². The molecule has 0 aromatic rings. The SMILES string of the molecule is CC.CCC(CCN)C(=O)NC. The lowest BCUT2D eigenvalue weighted by atomic mass is 10.0. The Kier molecular flexibility index (Phi) is 12.2. The van der Waals surface area contributed by atoms with Crippen molar-refractivity contribution in [2.45, 2.75) is 33.6 Å². The summed E-state index contributed by atoms with van der Waals surface area (Å²) >= 11 is 0. The second-order valence-electron chi connectivity index (χ2n) is 2.30. The fourth-order valence-electron chi connectivity index (χ4n) is 0.926. The molecular formula is C9H22N2O. The van der Waals surface area contributed by atoms with Crippen LogP contribution in [-0.2, 0) is 4.79 Å². The third-order valence-electron chi connectivity index (χ3n) is 1.63. The Bertz CT molecular complexity index is 105. The minimum atomic E-state index is 0.105. The maximum atomic E-state index is 11.0. The van der Waals surface area contributed by atoms with E-state index in [4.69, 9.17) is 5.73 Å². The van der Waals surface area contributed by atoms with Crippen molar-refractivity contribution in [3.8, 4) is 0 Å².